The number of rotatable bonds is 6. The Bertz CT molecular complexity index is 350. The Morgan fingerprint density at radius 1 is 1.26 bits per heavy atom. The molecule has 106 valence electrons. The molecule has 2 rings (SSSR count). The quantitative estimate of drug-likeness (QED) is 0.841. The molecule has 0 aliphatic heterocycles. The lowest BCUT2D eigenvalue weighted by atomic mass is 9.73. The van der Waals surface area contributed by atoms with Gasteiger partial charge < -0.3 is 5.32 Å². The molecule has 0 amide bonds. The number of nitrogens with one attached hydrogen (secondary N) is 1. The zero-order valence-corrected chi connectivity index (χ0v) is 12.4. The van der Waals surface area contributed by atoms with Crippen molar-refractivity contribution in [3.8, 4) is 0 Å². The van der Waals surface area contributed by atoms with Gasteiger partial charge in [0.05, 0.1) is 0 Å². The fraction of sp³-hybridized carbons (Fsp3) is 0.706. The Labute approximate surface area is 118 Å². The van der Waals surface area contributed by atoms with Gasteiger partial charge in [-0.3, -0.25) is 4.98 Å². The second-order valence-corrected chi connectivity index (χ2v) is 5.81. The number of pyridine rings is 1. The van der Waals surface area contributed by atoms with E-state index < -0.39 is 0 Å². The van der Waals surface area contributed by atoms with Crippen LogP contribution in [0.3, 0.4) is 0 Å². The average molecular weight is 260 g/mol. The largest absolute Gasteiger partial charge is 0.314 e. The van der Waals surface area contributed by atoms with Crippen LogP contribution < -0.4 is 5.32 Å². The minimum Gasteiger partial charge on any atom is -0.314 e. The molecule has 3 unspecified atom stereocenters. The van der Waals surface area contributed by atoms with Crippen LogP contribution in [0.25, 0.3) is 0 Å². The van der Waals surface area contributed by atoms with E-state index in [0.717, 1.165) is 24.8 Å². The molecule has 0 bridgehead atoms. The van der Waals surface area contributed by atoms with Gasteiger partial charge in [-0.15, -0.1) is 0 Å². The molecule has 2 nitrogen and oxygen atoms in total. The first kappa shape index (κ1) is 14.5. The van der Waals surface area contributed by atoms with Gasteiger partial charge in [-0.2, -0.15) is 0 Å². The summed E-state index contributed by atoms with van der Waals surface area (Å²) in [7, 11) is 0. The number of likely N-dealkylation sites (N-methyl/N-ethyl adjacent to an activating group) is 1. The molecular weight excluding hydrogens is 232 g/mol. The molecule has 1 saturated carbocycles. The SMILES string of the molecule is CCNC(Cc1ccccn1)C1CCCCC1CC. The molecule has 1 aromatic heterocycles. The van der Waals surface area contributed by atoms with E-state index in [9.17, 15) is 0 Å². The zero-order valence-electron chi connectivity index (χ0n) is 12.4. The third-order valence-electron chi connectivity index (χ3n) is 4.63. The smallest absolute Gasteiger partial charge is 0.0419 e. The summed E-state index contributed by atoms with van der Waals surface area (Å²) in [5, 5.41) is 3.73. The molecule has 0 aromatic carbocycles. The molecule has 1 aliphatic carbocycles. The minimum absolute atomic E-state index is 0.602. The Hall–Kier alpha value is -0.890. The van der Waals surface area contributed by atoms with Gasteiger partial charge in [-0.1, -0.05) is 45.6 Å². The molecule has 1 N–H and O–H groups in total. The van der Waals surface area contributed by atoms with Crippen molar-refractivity contribution in [2.24, 2.45) is 11.8 Å². The number of hydrogen-bond donors (Lipinski definition) is 1. The lowest BCUT2D eigenvalue weighted by Crippen LogP contribution is -2.42. The summed E-state index contributed by atoms with van der Waals surface area (Å²) < 4.78 is 0. The summed E-state index contributed by atoms with van der Waals surface area (Å²) in [5.74, 6) is 1.74. The van der Waals surface area contributed by atoms with E-state index in [1.807, 2.05) is 12.3 Å². The predicted molar refractivity (Wildman–Crippen MR) is 81.1 cm³/mol. The van der Waals surface area contributed by atoms with Crippen molar-refractivity contribution in [2.75, 3.05) is 6.54 Å². The van der Waals surface area contributed by atoms with E-state index in [-0.39, 0.29) is 0 Å². The fourth-order valence-corrected chi connectivity index (χ4v) is 3.65. The van der Waals surface area contributed by atoms with Crippen LogP contribution in [0.1, 0.15) is 51.6 Å². The highest BCUT2D eigenvalue weighted by Gasteiger charge is 2.30. The fourth-order valence-electron chi connectivity index (χ4n) is 3.65. The third-order valence-corrected chi connectivity index (χ3v) is 4.63. The van der Waals surface area contributed by atoms with Crippen LogP contribution in [0.2, 0.25) is 0 Å². The van der Waals surface area contributed by atoms with E-state index in [2.05, 4.69) is 36.3 Å². The van der Waals surface area contributed by atoms with Crippen LogP contribution in [-0.2, 0) is 6.42 Å². The second-order valence-electron chi connectivity index (χ2n) is 5.81. The topological polar surface area (TPSA) is 24.9 Å². The van der Waals surface area contributed by atoms with Crippen molar-refractivity contribution < 1.29 is 0 Å². The van der Waals surface area contributed by atoms with E-state index in [0.29, 0.717) is 6.04 Å². The monoisotopic (exact) mass is 260 g/mol. The lowest BCUT2D eigenvalue weighted by molar-refractivity contribution is 0.174. The highest BCUT2D eigenvalue weighted by Crippen LogP contribution is 2.35. The van der Waals surface area contributed by atoms with Crippen LogP contribution in [0.4, 0.5) is 0 Å². The van der Waals surface area contributed by atoms with Crippen molar-refractivity contribution in [1.29, 1.82) is 0 Å². The maximum Gasteiger partial charge on any atom is 0.0419 e. The first-order chi connectivity index (χ1) is 9.35. The van der Waals surface area contributed by atoms with Gasteiger partial charge in [0.2, 0.25) is 0 Å². The average Bonchev–Trinajstić information content (AvgIpc) is 2.48. The summed E-state index contributed by atoms with van der Waals surface area (Å²) >= 11 is 0. The van der Waals surface area contributed by atoms with Gasteiger partial charge in [-0.25, -0.2) is 0 Å². The summed E-state index contributed by atoms with van der Waals surface area (Å²) in [6, 6.07) is 6.86. The van der Waals surface area contributed by atoms with Crippen LogP contribution >= 0.6 is 0 Å². The first-order valence-corrected chi connectivity index (χ1v) is 7.98. The summed E-state index contributed by atoms with van der Waals surface area (Å²) in [6.45, 7) is 5.63. The van der Waals surface area contributed by atoms with E-state index in [4.69, 9.17) is 0 Å². The minimum atomic E-state index is 0.602. The third kappa shape index (κ3) is 4.04. The van der Waals surface area contributed by atoms with Crippen LogP contribution in [0.5, 0.6) is 0 Å². The Kier molecular flexibility index (Phi) is 5.84. The van der Waals surface area contributed by atoms with Crippen molar-refractivity contribution >= 4 is 0 Å². The molecule has 0 saturated heterocycles. The standard InChI is InChI=1S/C17H28N2/c1-3-14-9-5-6-11-16(14)17(18-4-2)13-15-10-7-8-12-19-15/h7-8,10,12,14,16-18H,3-6,9,11,13H2,1-2H3. The van der Waals surface area contributed by atoms with Crippen molar-refractivity contribution in [3.05, 3.63) is 30.1 Å². The molecule has 1 aliphatic rings. The number of nitrogens with zero attached hydrogens (tertiary/aromatic N) is 1. The van der Waals surface area contributed by atoms with Crippen molar-refractivity contribution in [1.82, 2.24) is 10.3 Å². The van der Waals surface area contributed by atoms with E-state index >= 15 is 0 Å². The van der Waals surface area contributed by atoms with Gasteiger partial charge in [-0.05, 0) is 36.9 Å². The van der Waals surface area contributed by atoms with Gasteiger partial charge in [0.15, 0.2) is 0 Å². The maximum atomic E-state index is 4.51. The molecule has 1 aromatic rings. The normalized spacial score (nSPS) is 25.2. The van der Waals surface area contributed by atoms with Gasteiger partial charge in [0, 0.05) is 24.4 Å². The second kappa shape index (κ2) is 7.64. The van der Waals surface area contributed by atoms with E-state index in [1.54, 1.807) is 0 Å². The molecule has 3 atom stereocenters. The van der Waals surface area contributed by atoms with Crippen molar-refractivity contribution in [3.63, 3.8) is 0 Å². The molecule has 2 heteroatoms. The van der Waals surface area contributed by atoms with Gasteiger partial charge >= 0.3 is 0 Å². The molecule has 0 radical (unpaired) electrons. The Morgan fingerprint density at radius 2 is 2.11 bits per heavy atom. The van der Waals surface area contributed by atoms with Crippen molar-refractivity contribution in [2.45, 2.75) is 58.4 Å². The lowest BCUT2D eigenvalue weighted by Gasteiger charge is -2.37. The number of aromatic nitrogens is 1. The highest BCUT2D eigenvalue weighted by atomic mass is 14.9. The van der Waals surface area contributed by atoms with Gasteiger partial charge in [0.25, 0.3) is 0 Å². The van der Waals surface area contributed by atoms with Gasteiger partial charge in [0.1, 0.15) is 0 Å². The van der Waals surface area contributed by atoms with Crippen LogP contribution in [-0.4, -0.2) is 17.6 Å². The molecule has 1 fully saturated rings. The predicted octanol–water partition coefficient (Wildman–Crippen LogP) is 3.82. The highest BCUT2D eigenvalue weighted by molar-refractivity contribution is 5.06. The van der Waals surface area contributed by atoms with Crippen LogP contribution in [0.15, 0.2) is 24.4 Å². The Balaban J connectivity index is 2.05. The molecular formula is C17H28N2. The Morgan fingerprint density at radius 3 is 2.79 bits per heavy atom. The maximum absolute atomic E-state index is 4.51. The summed E-state index contributed by atoms with van der Waals surface area (Å²) in [5.41, 5.74) is 1.23. The molecule has 0 spiro atoms. The zero-order chi connectivity index (χ0) is 13.5. The molecule has 19 heavy (non-hydrogen) atoms. The van der Waals surface area contributed by atoms with Crippen LogP contribution in [0, 0.1) is 11.8 Å². The summed E-state index contributed by atoms with van der Waals surface area (Å²) in [6.07, 6.45) is 9.97. The summed E-state index contributed by atoms with van der Waals surface area (Å²) in [4.78, 5) is 4.51. The number of hydrogen-bond acceptors (Lipinski definition) is 2. The first-order valence-electron chi connectivity index (χ1n) is 7.98. The van der Waals surface area contributed by atoms with E-state index in [1.165, 1.54) is 37.8 Å². The molecule has 1 heterocycles.